The molecule has 1 aromatic carbocycles. The molecule has 1 amide bonds. The summed E-state index contributed by atoms with van der Waals surface area (Å²) in [6, 6.07) is 3.27. The maximum Gasteiger partial charge on any atom is 0.280 e. The van der Waals surface area contributed by atoms with Gasteiger partial charge in [-0.25, -0.2) is 8.42 Å². The first-order valence-electron chi connectivity index (χ1n) is 8.70. The summed E-state index contributed by atoms with van der Waals surface area (Å²) in [5.41, 5.74) is 12.4. The van der Waals surface area contributed by atoms with Gasteiger partial charge < -0.3 is 11.5 Å². The minimum Gasteiger partial charge on any atom is -0.370 e. The Morgan fingerprint density at radius 2 is 1.68 bits per heavy atom. The molecule has 7 heteroatoms. The highest BCUT2D eigenvalue weighted by Gasteiger charge is 2.20. The Morgan fingerprint density at radius 1 is 1.00 bits per heavy atom. The fraction of sp³-hybridized carbons (Fsp3) is 0.556. The minimum atomic E-state index is -3.46. The van der Waals surface area contributed by atoms with Gasteiger partial charge in [0, 0.05) is 11.8 Å². The van der Waals surface area contributed by atoms with Crippen molar-refractivity contribution >= 4 is 21.7 Å². The van der Waals surface area contributed by atoms with Gasteiger partial charge >= 0.3 is 0 Å². The summed E-state index contributed by atoms with van der Waals surface area (Å²) in [7, 11) is -3.46. The van der Waals surface area contributed by atoms with Crippen molar-refractivity contribution in [3.63, 3.8) is 0 Å². The second-order valence-corrected chi connectivity index (χ2v) is 8.28. The Kier molecular flexibility index (Phi) is 8.09. The lowest BCUT2D eigenvalue weighted by atomic mass is 9.97. The molecule has 0 unspecified atom stereocenters. The molecule has 0 aliphatic heterocycles. The maximum atomic E-state index is 12.3. The first kappa shape index (κ1) is 21.2. The third-order valence-electron chi connectivity index (χ3n) is 3.97. The van der Waals surface area contributed by atoms with Crippen LogP contribution in [0.25, 0.3) is 0 Å². The lowest BCUT2D eigenvalue weighted by Gasteiger charge is -2.14. The number of amides is 1. The number of benzene rings is 1. The summed E-state index contributed by atoms with van der Waals surface area (Å²) in [6.45, 7) is 4.13. The van der Waals surface area contributed by atoms with Gasteiger partial charge in [0.2, 0.25) is 0 Å². The van der Waals surface area contributed by atoms with Gasteiger partial charge in [0.1, 0.15) is 0 Å². The van der Waals surface area contributed by atoms with E-state index in [-0.39, 0.29) is 16.4 Å². The molecule has 0 spiro atoms. The van der Waals surface area contributed by atoms with Crippen LogP contribution in [-0.4, -0.2) is 26.5 Å². The molecule has 140 valence electrons. The highest BCUT2D eigenvalue weighted by atomic mass is 32.2. The van der Waals surface area contributed by atoms with E-state index in [4.69, 9.17) is 11.5 Å². The lowest BCUT2D eigenvalue weighted by molar-refractivity contribution is 0.100. The van der Waals surface area contributed by atoms with Crippen LogP contribution in [-0.2, 0) is 22.7 Å². The Balaban J connectivity index is 3.39. The number of aryl methyl sites for hydroxylation is 2. The van der Waals surface area contributed by atoms with Gasteiger partial charge in [-0.15, -0.1) is 0 Å². The number of guanidine groups is 1. The normalized spacial score (nSPS) is 11.3. The Hall–Kier alpha value is -1.89. The second kappa shape index (κ2) is 9.56. The van der Waals surface area contributed by atoms with E-state index in [0.29, 0.717) is 12.8 Å². The first-order valence-corrected chi connectivity index (χ1v) is 10.6. The van der Waals surface area contributed by atoms with Crippen LogP contribution in [0.1, 0.15) is 67.4 Å². The molecule has 0 heterocycles. The number of carbonyl (C=O) groups excluding carboxylic acids is 1. The van der Waals surface area contributed by atoms with E-state index >= 15 is 0 Å². The number of hydrogen-bond acceptors (Lipinski definition) is 3. The number of nitrogens with zero attached hydrogens (tertiary/aromatic N) is 1. The van der Waals surface area contributed by atoms with Crippen LogP contribution in [0.4, 0.5) is 0 Å². The number of rotatable bonds is 9. The van der Waals surface area contributed by atoms with Crippen LogP contribution in [0.5, 0.6) is 0 Å². The number of hydrogen-bond donors (Lipinski definition) is 2. The van der Waals surface area contributed by atoms with E-state index in [1.165, 1.54) is 6.07 Å². The molecule has 0 bridgehead atoms. The molecule has 0 saturated carbocycles. The molecular formula is C18H29N3O3S. The first-order chi connectivity index (χ1) is 11.7. The van der Waals surface area contributed by atoms with E-state index in [1.807, 2.05) is 13.0 Å². The molecule has 0 aliphatic carbocycles. The van der Waals surface area contributed by atoms with Crippen molar-refractivity contribution in [2.24, 2.45) is 16.5 Å². The average molecular weight is 368 g/mol. The van der Waals surface area contributed by atoms with Gasteiger partial charge in [-0.1, -0.05) is 45.6 Å². The van der Waals surface area contributed by atoms with Crippen molar-refractivity contribution in [1.29, 1.82) is 0 Å². The third-order valence-corrected chi connectivity index (χ3v) is 5.14. The minimum absolute atomic E-state index is 0.193. The summed E-state index contributed by atoms with van der Waals surface area (Å²) in [6.07, 6.45) is 7.54. The second-order valence-electron chi connectivity index (χ2n) is 6.29. The van der Waals surface area contributed by atoms with Crippen LogP contribution >= 0.6 is 0 Å². The zero-order valence-corrected chi connectivity index (χ0v) is 16.2. The van der Waals surface area contributed by atoms with Crippen LogP contribution in [0.3, 0.4) is 0 Å². The molecule has 1 aromatic rings. The zero-order chi connectivity index (χ0) is 19.0. The lowest BCUT2D eigenvalue weighted by Crippen LogP contribution is -2.24. The molecule has 0 aliphatic rings. The van der Waals surface area contributed by atoms with Gasteiger partial charge in [0.05, 0.1) is 4.90 Å². The summed E-state index contributed by atoms with van der Waals surface area (Å²) in [5, 5.41) is 0. The number of nitrogens with two attached hydrogens (primary N) is 2. The molecule has 6 nitrogen and oxygen atoms in total. The highest BCUT2D eigenvalue weighted by Crippen LogP contribution is 2.25. The topological polar surface area (TPSA) is 116 Å². The van der Waals surface area contributed by atoms with Crippen molar-refractivity contribution in [2.75, 3.05) is 6.26 Å². The van der Waals surface area contributed by atoms with Crippen molar-refractivity contribution in [1.82, 2.24) is 0 Å². The number of aliphatic imine (C=N–C) groups is 1. The monoisotopic (exact) mass is 367 g/mol. The summed E-state index contributed by atoms with van der Waals surface area (Å²) in [4.78, 5) is 16.1. The summed E-state index contributed by atoms with van der Waals surface area (Å²) >= 11 is 0. The van der Waals surface area contributed by atoms with Gasteiger partial charge in [-0.2, -0.15) is 4.99 Å². The number of unbranched alkanes of at least 4 members (excludes halogenated alkanes) is 3. The molecule has 0 saturated heterocycles. The Morgan fingerprint density at radius 3 is 2.20 bits per heavy atom. The molecule has 0 aromatic heterocycles. The molecule has 0 radical (unpaired) electrons. The van der Waals surface area contributed by atoms with Crippen molar-refractivity contribution < 1.29 is 13.2 Å². The van der Waals surface area contributed by atoms with E-state index in [0.717, 1.165) is 49.5 Å². The number of carbonyl (C=O) groups is 1. The molecule has 0 fully saturated rings. The van der Waals surface area contributed by atoms with Gasteiger partial charge in [0.15, 0.2) is 15.8 Å². The molecule has 1 rings (SSSR count). The van der Waals surface area contributed by atoms with E-state index in [2.05, 4.69) is 11.9 Å². The van der Waals surface area contributed by atoms with E-state index < -0.39 is 15.7 Å². The predicted octanol–water partition coefficient (Wildman–Crippen LogP) is 2.58. The molecule has 0 atom stereocenters. The summed E-state index contributed by atoms with van der Waals surface area (Å²) in [5.74, 6) is -0.942. The fourth-order valence-electron chi connectivity index (χ4n) is 2.81. The van der Waals surface area contributed by atoms with Crippen molar-refractivity contribution in [3.05, 3.63) is 28.8 Å². The van der Waals surface area contributed by atoms with Crippen LogP contribution in [0, 0.1) is 0 Å². The van der Waals surface area contributed by atoms with Gasteiger partial charge in [-0.3, -0.25) is 4.79 Å². The highest BCUT2D eigenvalue weighted by molar-refractivity contribution is 7.90. The van der Waals surface area contributed by atoms with Crippen molar-refractivity contribution in [3.8, 4) is 0 Å². The van der Waals surface area contributed by atoms with E-state index in [9.17, 15) is 13.2 Å². The quantitative estimate of drug-likeness (QED) is 0.395. The molecule has 4 N–H and O–H groups in total. The molecule has 25 heavy (non-hydrogen) atoms. The zero-order valence-electron chi connectivity index (χ0n) is 15.3. The number of sulfone groups is 1. The van der Waals surface area contributed by atoms with E-state index in [1.54, 1.807) is 0 Å². The van der Waals surface area contributed by atoms with Crippen LogP contribution < -0.4 is 11.5 Å². The standard InChI is InChI=1S/C18H29N3O3S/c1-4-6-7-8-10-14-11-13(9-5-2)15(17(22)21-18(19)20)12-16(14)25(3,23)24/h11-12H,4-10H2,1-3H3,(H4,19,20,21,22). The molecular weight excluding hydrogens is 338 g/mol. The smallest absolute Gasteiger partial charge is 0.280 e. The predicted molar refractivity (Wildman–Crippen MR) is 102 cm³/mol. The van der Waals surface area contributed by atoms with Crippen LogP contribution in [0.15, 0.2) is 22.0 Å². The Bertz CT molecular complexity index is 736. The fourth-order valence-corrected chi connectivity index (χ4v) is 3.78. The SMILES string of the molecule is CCCCCCc1cc(CCC)c(C(=O)N=C(N)N)cc1S(C)(=O)=O. The average Bonchev–Trinajstić information content (AvgIpc) is 2.50. The third kappa shape index (κ3) is 6.49. The summed E-state index contributed by atoms with van der Waals surface area (Å²) < 4.78 is 24.4. The largest absolute Gasteiger partial charge is 0.370 e. The Labute approximate surface area is 150 Å². The van der Waals surface area contributed by atoms with Gasteiger partial charge in [0.25, 0.3) is 5.91 Å². The van der Waals surface area contributed by atoms with Gasteiger partial charge in [-0.05, 0) is 36.5 Å². The van der Waals surface area contributed by atoms with Crippen LogP contribution in [0.2, 0.25) is 0 Å². The van der Waals surface area contributed by atoms with Crippen molar-refractivity contribution in [2.45, 2.75) is 63.7 Å². The maximum absolute atomic E-state index is 12.3.